The van der Waals surface area contributed by atoms with Gasteiger partial charge in [-0.1, -0.05) is 13.8 Å². The zero-order valence-electron chi connectivity index (χ0n) is 10.2. The summed E-state index contributed by atoms with van der Waals surface area (Å²) in [5.74, 6) is 1.67. The normalized spacial score (nSPS) is 31.7. The third kappa shape index (κ3) is 3.58. The standard InChI is InChI=1S/C12H26N2/c1-10-5-6-12(3)14(8-10)9-11(2)7-13-4/h10-13H,5-9H2,1-4H3. The van der Waals surface area contributed by atoms with Crippen LogP contribution in [0.25, 0.3) is 0 Å². The lowest BCUT2D eigenvalue weighted by Gasteiger charge is -2.38. The first-order valence-electron chi connectivity index (χ1n) is 6.02. The molecule has 0 aliphatic carbocycles. The van der Waals surface area contributed by atoms with Crippen LogP contribution in [0.2, 0.25) is 0 Å². The predicted octanol–water partition coefficient (Wildman–Crippen LogP) is 1.96. The van der Waals surface area contributed by atoms with Gasteiger partial charge in [0.15, 0.2) is 0 Å². The van der Waals surface area contributed by atoms with Gasteiger partial charge in [0.25, 0.3) is 0 Å². The van der Waals surface area contributed by atoms with E-state index >= 15 is 0 Å². The maximum absolute atomic E-state index is 3.26. The first kappa shape index (κ1) is 12.0. The molecule has 1 aliphatic rings. The minimum absolute atomic E-state index is 0.771. The van der Waals surface area contributed by atoms with Crippen molar-refractivity contribution >= 4 is 0 Å². The Hall–Kier alpha value is -0.0800. The fraction of sp³-hybridized carbons (Fsp3) is 1.00. The van der Waals surface area contributed by atoms with Gasteiger partial charge in [-0.05, 0) is 45.2 Å². The first-order chi connectivity index (χ1) is 6.63. The molecule has 0 saturated carbocycles. The number of nitrogens with one attached hydrogen (secondary N) is 1. The monoisotopic (exact) mass is 198 g/mol. The van der Waals surface area contributed by atoms with Crippen molar-refractivity contribution in [3.63, 3.8) is 0 Å². The Morgan fingerprint density at radius 2 is 2.07 bits per heavy atom. The highest BCUT2D eigenvalue weighted by Gasteiger charge is 2.23. The summed E-state index contributed by atoms with van der Waals surface area (Å²) in [6.45, 7) is 10.8. The summed E-state index contributed by atoms with van der Waals surface area (Å²) < 4.78 is 0. The van der Waals surface area contributed by atoms with Crippen molar-refractivity contribution in [2.45, 2.75) is 39.7 Å². The molecule has 1 fully saturated rings. The second-order valence-electron chi connectivity index (χ2n) is 5.15. The van der Waals surface area contributed by atoms with Crippen molar-refractivity contribution in [1.29, 1.82) is 0 Å². The lowest BCUT2D eigenvalue weighted by atomic mass is 9.94. The Balaban J connectivity index is 2.33. The molecule has 0 amide bonds. The minimum atomic E-state index is 0.771. The topological polar surface area (TPSA) is 15.3 Å². The van der Waals surface area contributed by atoms with Gasteiger partial charge in [-0.15, -0.1) is 0 Å². The lowest BCUT2D eigenvalue weighted by Crippen LogP contribution is -2.44. The number of rotatable bonds is 4. The summed E-state index contributed by atoms with van der Waals surface area (Å²) in [7, 11) is 2.04. The largest absolute Gasteiger partial charge is 0.319 e. The molecule has 14 heavy (non-hydrogen) atoms. The van der Waals surface area contributed by atoms with E-state index in [-0.39, 0.29) is 0 Å². The van der Waals surface area contributed by atoms with Crippen molar-refractivity contribution in [3.8, 4) is 0 Å². The number of hydrogen-bond acceptors (Lipinski definition) is 2. The smallest absolute Gasteiger partial charge is 0.00672 e. The van der Waals surface area contributed by atoms with Gasteiger partial charge >= 0.3 is 0 Å². The Kier molecular flexibility index (Phi) is 4.90. The van der Waals surface area contributed by atoms with Gasteiger partial charge in [0.1, 0.15) is 0 Å². The maximum atomic E-state index is 3.26. The summed E-state index contributed by atoms with van der Waals surface area (Å²) in [5.41, 5.74) is 0. The van der Waals surface area contributed by atoms with Crippen molar-refractivity contribution < 1.29 is 0 Å². The molecule has 1 rings (SSSR count). The van der Waals surface area contributed by atoms with Crippen LogP contribution in [0.4, 0.5) is 0 Å². The molecule has 1 heterocycles. The lowest BCUT2D eigenvalue weighted by molar-refractivity contribution is 0.108. The van der Waals surface area contributed by atoms with E-state index in [0.29, 0.717) is 0 Å². The maximum Gasteiger partial charge on any atom is 0.00672 e. The molecule has 84 valence electrons. The average molecular weight is 198 g/mol. The zero-order chi connectivity index (χ0) is 10.6. The van der Waals surface area contributed by atoms with Crippen molar-refractivity contribution in [2.24, 2.45) is 11.8 Å². The van der Waals surface area contributed by atoms with Crippen LogP contribution in [0.15, 0.2) is 0 Å². The summed E-state index contributed by atoms with van der Waals surface area (Å²) in [4.78, 5) is 2.66. The Labute approximate surface area is 89.1 Å². The third-order valence-electron chi connectivity index (χ3n) is 3.35. The highest BCUT2D eigenvalue weighted by molar-refractivity contribution is 4.78. The molecular weight excluding hydrogens is 172 g/mol. The van der Waals surface area contributed by atoms with E-state index in [4.69, 9.17) is 0 Å². The molecule has 0 bridgehead atoms. The summed E-state index contributed by atoms with van der Waals surface area (Å²) in [6, 6.07) is 0.797. The fourth-order valence-electron chi connectivity index (χ4n) is 2.45. The van der Waals surface area contributed by atoms with E-state index in [0.717, 1.165) is 24.4 Å². The van der Waals surface area contributed by atoms with E-state index in [1.807, 2.05) is 7.05 Å². The van der Waals surface area contributed by atoms with E-state index in [1.165, 1.54) is 25.9 Å². The molecule has 1 N–H and O–H groups in total. The van der Waals surface area contributed by atoms with Gasteiger partial charge in [-0.25, -0.2) is 0 Å². The molecule has 0 aromatic rings. The molecule has 2 heteroatoms. The molecule has 1 saturated heterocycles. The molecular formula is C12H26N2. The molecule has 0 spiro atoms. The Morgan fingerprint density at radius 1 is 1.36 bits per heavy atom. The zero-order valence-corrected chi connectivity index (χ0v) is 10.2. The Morgan fingerprint density at radius 3 is 2.71 bits per heavy atom. The quantitative estimate of drug-likeness (QED) is 0.743. The summed E-state index contributed by atoms with van der Waals surface area (Å²) in [6.07, 6.45) is 2.80. The van der Waals surface area contributed by atoms with E-state index in [2.05, 4.69) is 31.0 Å². The van der Waals surface area contributed by atoms with Crippen LogP contribution in [0.5, 0.6) is 0 Å². The minimum Gasteiger partial charge on any atom is -0.319 e. The van der Waals surface area contributed by atoms with Crippen LogP contribution in [-0.2, 0) is 0 Å². The number of hydrogen-bond donors (Lipinski definition) is 1. The summed E-state index contributed by atoms with van der Waals surface area (Å²) in [5, 5.41) is 3.26. The molecule has 3 unspecified atom stereocenters. The molecule has 2 nitrogen and oxygen atoms in total. The van der Waals surface area contributed by atoms with Crippen LogP contribution in [0, 0.1) is 11.8 Å². The molecule has 0 aromatic carbocycles. The number of nitrogens with zero attached hydrogens (tertiary/aromatic N) is 1. The van der Waals surface area contributed by atoms with Gasteiger partial charge in [0.2, 0.25) is 0 Å². The van der Waals surface area contributed by atoms with Crippen LogP contribution in [0.3, 0.4) is 0 Å². The SMILES string of the molecule is CNCC(C)CN1CC(C)CCC1C. The van der Waals surface area contributed by atoms with Crippen LogP contribution in [0.1, 0.15) is 33.6 Å². The van der Waals surface area contributed by atoms with Crippen LogP contribution >= 0.6 is 0 Å². The predicted molar refractivity (Wildman–Crippen MR) is 62.5 cm³/mol. The highest BCUT2D eigenvalue weighted by atomic mass is 15.2. The van der Waals surface area contributed by atoms with Crippen molar-refractivity contribution in [1.82, 2.24) is 10.2 Å². The number of piperidine rings is 1. The van der Waals surface area contributed by atoms with E-state index < -0.39 is 0 Å². The van der Waals surface area contributed by atoms with Gasteiger partial charge in [0.05, 0.1) is 0 Å². The number of likely N-dealkylation sites (tertiary alicyclic amines) is 1. The summed E-state index contributed by atoms with van der Waals surface area (Å²) >= 11 is 0. The second kappa shape index (κ2) is 5.72. The third-order valence-corrected chi connectivity index (χ3v) is 3.35. The molecule has 1 aliphatic heterocycles. The van der Waals surface area contributed by atoms with Gasteiger partial charge in [0, 0.05) is 19.1 Å². The Bertz CT molecular complexity index is 158. The van der Waals surface area contributed by atoms with Gasteiger partial charge in [-0.3, -0.25) is 0 Å². The average Bonchev–Trinajstić information content (AvgIpc) is 2.12. The highest BCUT2D eigenvalue weighted by Crippen LogP contribution is 2.21. The van der Waals surface area contributed by atoms with Gasteiger partial charge < -0.3 is 10.2 Å². The second-order valence-corrected chi connectivity index (χ2v) is 5.15. The van der Waals surface area contributed by atoms with E-state index in [9.17, 15) is 0 Å². The van der Waals surface area contributed by atoms with Crippen molar-refractivity contribution in [2.75, 3.05) is 26.7 Å². The van der Waals surface area contributed by atoms with Crippen LogP contribution < -0.4 is 5.32 Å². The molecule has 0 radical (unpaired) electrons. The molecule has 0 aromatic heterocycles. The van der Waals surface area contributed by atoms with Gasteiger partial charge in [-0.2, -0.15) is 0 Å². The first-order valence-corrected chi connectivity index (χ1v) is 6.02. The van der Waals surface area contributed by atoms with E-state index in [1.54, 1.807) is 0 Å². The van der Waals surface area contributed by atoms with Crippen LogP contribution in [-0.4, -0.2) is 37.6 Å². The molecule has 3 atom stereocenters. The fourth-order valence-corrected chi connectivity index (χ4v) is 2.45. The van der Waals surface area contributed by atoms with Crippen molar-refractivity contribution in [3.05, 3.63) is 0 Å².